The lowest BCUT2D eigenvalue weighted by Gasteiger charge is -2.28. The van der Waals surface area contributed by atoms with Crippen LogP contribution in [0.5, 0.6) is 5.75 Å². The van der Waals surface area contributed by atoms with Crippen molar-refractivity contribution in [1.82, 2.24) is 14.5 Å². The maximum atomic E-state index is 12.4. The van der Waals surface area contributed by atoms with Crippen LogP contribution in [0.15, 0.2) is 109 Å². The summed E-state index contributed by atoms with van der Waals surface area (Å²) in [6, 6.07) is 37.0. The van der Waals surface area contributed by atoms with E-state index in [1.807, 2.05) is 24.4 Å². The number of aromatic nitrogens is 3. The molecule has 54 heavy (non-hydrogen) atoms. The van der Waals surface area contributed by atoms with Gasteiger partial charge in [0.05, 0.1) is 28.0 Å². The van der Waals surface area contributed by atoms with Gasteiger partial charge in [-0.15, -0.1) is 0 Å². The van der Waals surface area contributed by atoms with E-state index in [4.69, 9.17) is 4.98 Å². The van der Waals surface area contributed by atoms with Crippen LogP contribution < -0.4 is 0 Å². The fourth-order valence-electron chi connectivity index (χ4n) is 7.37. The van der Waals surface area contributed by atoms with Gasteiger partial charge < -0.3 is 5.11 Å². The summed E-state index contributed by atoms with van der Waals surface area (Å²) in [6.07, 6.45) is 1.84. The van der Waals surface area contributed by atoms with Crippen molar-refractivity contribution >= 4 is 21.8 Å². The van der Waals surface area contributed by atoms with Crippen LogP contribution in [0.2, 0.25) is 0 Å². The van der Waals surface area contributed by atoms with Crippen molar-refractivity contribution in [2.45, 2.75) is 105 Å². The number of fused-ring (bicyclic) bond motifs is 2. The zero-order chi connectivity index (χ0) is 39.0. The number of pyridine rings is 1. The fourth-order valence-corrected chi connectivity index (χ4v) is 7.37. The smallest absolute Gasteiger partial charge is 0.149 e. The van der Waals surface area contributed by atoms with Crippen LogP contribution in [0.25, 0.3) is 61.3 Å². The van der Waals surface area contributed by atoms with Crippen LogP contribution in [0.3, 0.4) is 0 Å². The maximum Gasteiger partial charge on any atom is 0.149 e. The number of para-hydroxylation sites is 1. The molecular formula is C50H55N3O. The summed E-state index contributed by atoms with van der Waals surface area (Å²) in [4.78, 5) is 10.2. The van der Waals surface area contributed by atoms with E-state index >= 15 is 0 Å². The van der Waals surface area contributed by atoms with E-state index < -0.39 is 0 Å². The zero-order valence-electron chi connectivity index (χ0n) is 34.2. The molecule has 4 heteroatoms. The minimum atomic E-state index is -0.297. The molecule has 4 nitrogen and oxygen atoms in total. The quantitative estimate of drug-likeness (QED) is 0.198. The molecule has 0 aliphatic heterocycles. The summed E-state index contributed by atoms with van der Waals surface area (Å²) in [7, 11) is 0. The van der Waals surface area contributed by atoms with Crippen LogP contribution in [0.1, 0.15) is 105 Å². The number of nitrogens with zero attached hydrogens (tertiary/aromatic N) is 3. The van der Waals surface area contributed by atoms with Gasteiger partial charge in [0.15, 0.2) is 0 Å². The van der Waals surface area contributed by atoms with Gasteiger partial charge in [0, 0.05) is 28.3 Å². The number of hydrogen-bond acceptors (Lipinski definition) is 3. The molecule has 7 aromatic rings. The molecule has 0 saturated carbocycles. The molecular weight excluding hydrogens is 659 g/mol. The lowest BCUT2D eigenvalue weighted by atomic mass is 9.78. The average Bonchev–Trinajstić information content (AvgIpc) is 3.49. The van der Waals surface area contributed by atoms with Gasteiger partial charge in [-0.25, -0.2) is 4.98 Å². The SMILES string of the molecule is CC(C)(C)c1cc(-c2nc3c(-c4cccc(-c5ccccn5)c4)cccc3n2-c2cc(C(C)(C)C)cc3ccc(C(C)(C)C)cc23)c(O)c(C(C)(C)C)c1. The molecule has 0 radical (unpaired) electrons. The van der Waals surface area contributed by atoms with Crippen LogP contribution in [0, 0.1) is 0 Å². The van der Waals surface area contributed by atoms with Gasteiger partial charge >= 0.3 is 0 Å². The molecule has 2 heterocycles. The first-order valence-corrected chi connectivity index (χ1v) is 19.2. The summed E-state index contributed by atoms with van der Waals surface area (Å²) in [5.74, 6) is 0.998. The average molecular weight is 714 g/mol. The van der Waals surface area contributed by atoms with Crippen molar-refractivity contribution in [2.24, 2.45) is 0 Å². The molecule has 0 amide bonds. The summed E-state index contributed by atoms with van der Waals surface area (Å²) >= 11 is 0. The van der Waals surface area contributed by atoms with E-state index in [0.29, 0.717) is 0 Å². The van der Waals surface area contributed by atoms with E-state index in [2.05, 4.69) is 178 Å². The number of phenolic OH excluding ortho intramolecular Hbond substituents is 1. The van der Waals surface area contributed by atoms with E-state index in [0.717, 1.165) is 67.0 Å². The van der Waals surface area contributed by atoms with Crippen molar-refractivity contribution < 1.29 is 5.11 Å². The van der Waals surface area contributed by atoms with Gasteiger partial charge in [-0.3, -0.25) is 9.55 Å². The summed E-state index contributed by atoms with van der Waals surface area (Å²) in [5.41, 5.74) is 11.7. The Bertz CT molecular complexity index is 2530. The number of rotatable bonds is 4. The number of aromatic hydroxyl groups is 1. The normalized spacial score (nSPS) is 12.9. The first-order chi connectivity index (χ1) is 25.2. The van der Waals surface area contributed by atoms with Crippen LogP contribution >= 0.6 is 0 Å². The highest BCUT2D eigenvalue weighted by atomic mass is 16.3. The molecule has 2 aromatic heterocycles. The highest BCUT2D eigenvalue weighted by Crippen LogP contribution is 2.46. The lowest BCUT2D eigenvalue weighted by molar-refractivity contribution is 0.446. The Morgan fingerprint density at radius 3 is 1.85 bits per heavy atom. The second-order valence-corrected chi connectivity index (χ2v) is 19.1. The molecule has 0 aliphatic carbocycles. The van der Waals surface area contributed by atoms with Gasteiger partial charge in [0.25, 0.3) is 0 Å². The summed E-state index contributed by atoms with van der Waals surface area (Å²) in [6.45, 7) is 26.8. The van der Waals surface area contributed by atoms with Crippen molar-refractivity contribution in [1.29, 1.82) is 0 Å². The summed E-state index contributed by atoms with van der Waals surface area (Å²) < 4.78 is 2.32. The second kappa shape index (κ2) is 13.0. The minimum Gasteiger partial charge on any atom is -0.507 e. The Balaban J connectivity index is 1.65. The van der Waals surface area contributed by atoms with Gasteiger partial charge in [-0.2, -0.15) is 0 Å². The Hall–Kier alpha value is -5.22. The predicted molar refractivity (Wildman–Crippen MR) is 229 cm³/mol. The molecule has 276 valence electrons. The third kappa shape index (κ3) is 6.83. The topological polar surface area (TPSA) is 50.9 Å². The van der Waals surface area contributed by atoms with Crippen molar-refractivity contribution in [2.75, 3.05) is 0 Å². The highest BCUT2D eigenvalue weighted by Gasteiger charge is 2.30. The number of benzene rings is 5. The largest absolute Gasteiger partial charge is 0.507 e. The molecule has 0 aliphatic rings. The molecule has 0 spiro atoms. The molecule has 0 saturated heterocycles. The van der Waals surface area contributed by atoms with Gasteiger partial charge in [0.2, 0.25) is 0 Å². The van der Waals surface area contributed by atoms with Crippen LogP contribution in [0.4, 0.5) is 0 Å². The van der Waals surface area contributed by atoms with Gasteiger partial charge in [0.1, 0.15) is 11.6 Å². The molecule has 7 rings (SSSR count). The number of imidazole rings is 1. The Morgan fingerprint density at radius 2 is 1.20 bits per heavy atom. The molecule has 0 fully saturated rings. The maximum absolute atomic E-state index is 12.4. The first kappa shape index (κ1) is 37.1. The summed E-state index contributed by atoms with van der Waals surface area (Å²) in [5, 5.41) is 14.7. The van der Waals surface area contributed by atoms with Crippen molar-refractivity contribution in [3.8, 4) is 45.2 Å². The van der Waals surface area contributed by atoms with E-state index in [9.17, 15) is 5.11 Å². The number of hydrogen-bond donors (Lipinski definition) is 1. The van der Waals surface area contributed by atoms with E-state index in [-0.39, 0.29) is 27.4 Å². The zero-order valence-corrected chi connectivity index (χ0v) is 34.2. The predicted octanol–water partition coefficient (Wildman–Crippen LogP) is 13.5. The first-order valence-electron chi connectivity index (χ1n) is 19.2. The monoisotopic (exact) mass is 713 g/mol. The standard InChI is InChI=1S/C50H55N3O/c1-47(2,3)34-23-22-32-26-35(48(4,5)6)30-43(38(32)27-34)53-42-21-16-19-37(31-17-15-18-33(25-31)41-20-13-14-24-51-41)44(42)52-46(53)39-28-36(49(7,8)9)29-40(45(39)54)50(10,11)12/h13-30,54H,1-12H3. The minimum absolute atomic E-state index is 0.0410. The van der Waals surface area contributed by atoms with Crippen molar-refractivity contribution in [3.05, 3.63) is 132 Å². The molecule has 5 aromatic carbocycles. The van der Waals surface area contributed by atoms with Crippen LogP contribution in [-0.4, -0.2) is 19.6 Å². The van der Waals surface area contributed by atoms with E-state index in [1.165, 1.54) is 16.5 Å². The lowest BCUT2D eigenvalue weighted by Crippen LogP contribution is -2.17. The Morgan fingerprint density at radius 1 is 0.537 bits per heavy atom. The van der Waals surface area contributed by atoms with Crippen molar-refractivity contribution in [3.63, 3.8) is 0 Å². The molecule has 1 N–H and O–H groups in total. The Labute approximate surface area is 322 Å². The third-order valence-electron chi connectivity index (χ3n) is 10.7. The number of phenols is 1. The van der Waals surface area contributed by atoms with Gasteiger partial charge in [-0.05, 0) is 91.8 Å². The van der Waals surface area contributed by atoms with E-state index in [1.54, 1.807) is 0 Å². The molecule has 0 bridgehead atoms. The molecule has 0 unspecified atom stereocenters. The molecule has 0 atom stereocenters. The highest BCUT2D eigenvalue weighted by molar-refractivity contribution is 6.00. The van der Waals surface area contributed by atoms with Crippen LogP contribution in [-0.2, 0) is 21.7 Å². The fraction of sp³-hybridized carbons (Fsp3) is 0.320. The van der Waals surface area contributed by atoms with Gasteiger partial charge in [-0.1, -0.05) is 144 Å². The third-order valence-corrected chi connectivity index (χ3v) is 10.7. The Kier molecular flexibility index (Phi) is 8.91. The second-order valence-electron chi connectivity index (χ2n) is 19.1.